The van der Waals surface area contributed by atoms with E-state index in [0.717, 1.165) is 23.8 Å². The summed E-state index contributed by atoms with van der Waals surface area (Å²) in [5.74, 6) is 2.64. The lowest BCUT2D eigenvalue weighted by Gasteiger charge is -2.39. The van der Waals surface area contributed by atoms with Crippen molar-refractivity contribution in [3.05, 3.63) is 0 Å². The first kappa shape index (κ1) is 17.0. The minimum absolute atomic E-state index is 0.690. The summed E-state index contributed by atoms with van der Waals surface area (Å²) in [6.07, 6.45) is 5.42. The lowest BCUT2D eigenvalue weighted by molar-refractivity contribution is -0.589. The molecule has 2 aliphatic rings. The van der Waals surface area contributed by atoms with Crippen molar-refractivity contribution in [1.82, 2.24) is 4.90 Å². The van der Waals surface area contributed by atoms with Gasteiger partial charge in [0, 0.05) is 25.3 Å². The molecule has 1 fully saturated rings. The summed E-state index contributed by atoms with van der Waals surface area (Å²) < 4.78 is 2.79. The van der Waals surface area contributed by atoms with Gasteiger partial charge in [0.05, 0.1) is 13.1 Å². The average molecular weight is 294 g/mol. The molecular weight excluding hydrogens is 256 g/mol. The van der Waals surface area contributed by atoms with E-state index in [4.69, 9.17) is 0 Å². The molecule has 1 saturated heterocycles. The van der Waals surface area contributed by atoms with E-state index in [2.05, 4.69) is 51.0 Å². The van der Waals surface area contributed by atoms with Crippen LogP contribution in [0.5, 0.6) is 0 Å². The molecule has 2 rings (SSSR count). The van der Waals surface area contributed by atoms with Crippen molar-refractivity contribution in [2.24, 2.45) is 17.8 Å². The fourth-order valence-corrected chi connectivity index (χ4v) is 4.99. The zero-order valence-electron chi connectivity index (χ0n) is 15.2. The number of nitrogens with zero attached hydrogens (tertiary/aromatic N) is 2. The molecule has 2 aliphatic heterocycles. The molecule has 0 bridgehead atoms. The molecule has 0 spiro atoms. The van der Waals surface area contributed by atoms with Gasteiger partial charge in [0.1, 0.15) is 5.71 Å². The zero-order valence-corrected chi connectivity index (χ0v) is 15.2. The largest absolute Gasteiger partial charge is 0.288 e. The molecule has 21 heavy (non-hydrogen) atoms. The quantitative estimate of drug-likeness (QED) is 0.709. The lowest BCUT2D eigenvalue weighted by atomic mass is 9.74. The van der Waals surface area contributed by atoms with Gasteiger partial charge < -0.3 is 0 Å². The second-order valence-corrected chi connectivity index (χ2v) is 7.79. The third-order valence-corrected chi connectivity index (χ3v) is 6.16. The Morgan fingerprint density at radius 2 is 1.95 bits per heavy atom. The highest BCUT2D eigenvalue weighted by atomic mass is 15.3. The highest BCUT2D eigenvalue weighted by molar-refractivity contribution is 5.77. The Morgan fingerprint density at radius 1 is 1.24 bits per heavy atom. The summed E-state index contributed by atoms with van der Waals surface area (Å²) in [4.78, 5) is 2.70. The molecule has 122 valence electrons. The highest BCUT2D eigenvalue weighted by Crippen LogP contribution is 2.37. The van der Waals surface area contributed by atoms with Crippen molar-refractivity contribution in [1.29, 1.82) is 0 Å². The first-order valence-electron chi connectivity index (χ1n) is 9.32. The first-order chi connectivity index (χ1) is 9.99. The molecule has 2 heteroatoms. The van der Waals surface area contributed by atoms with E-state index in [-0.39, 0.29) is 0 Å². The van der Waals surface area contributed by atoms with Gasteiger partial charge >= 0.3 is 0 Å². The second kappa shape index (κ2) is 7.26. The number of hydrogen-bond donors (Lipinski definition) is 0. The van der Waals surface area contributed by atoms with Gasteiger partial charge in [-0.05, 0) is 38.5 Å². The monoisotopic (exact) mass is 293 g/mol. The van der Waals surface area contributed by atoms with Crippen LogP contribution >= 0.6 is 0 Å². The predicted molar refractivity (Wildman–Crippen MR) is 92.3 cm³/mol. The second-order valence-electron chi connectivity index (χ2n) is 7.79. The first-order valence-corrected chi connectivity index (χ1v) is 9.32. The topological polar surface area (TPSA) is 6.25 Å². The van der Waals surface area contributed by atoms with Gasteiger partial charge in [0.2, 0.25) is 0 Å². The van der Waals surface area contributed by atoms with Crippen LogP contribution in [0.1, 0.15) is 67.2 Å². The van der Waals surface area contributed by atoms with Crippen molar-refractivity contribution in [2.45, 2.75) is 79.3 Å². The summed E-state index contributed by atoms with van der Waals surface area (Å²) in [7, 11) is 0. The standard InChI is InChI=1S/C19H37N2/c1-7-9-18-15(5)12-16(6)21-11-10-20(14(3)4)13-19(21)17(18)8-2/h14-15,17-19H,7-13H2,1-6H3/q+1. The Bertz CT molecular complexity index is 372. The van der Waals surface area contributed by atoms with Gasteiger partial charge in [-0.25, -0.2) is 4.58 Å². The summed E-state index contributed by atoms with van der Waals surface area (Å²) in [6, 6.07) is 1.45. The predicted octanol–water partition coefficient (Wildman–Crippen LogP) is 4.03. The van der Waals surface area contributed by atoms with E-state index < -0.39 is 0 Å². The van der Waals surface area contributed by atoms with Crippen LogP contribution in [0.15, 0.2) is 0 Å². The third kappa shape index (κ3) is 3.52. The van der Waals surface area contributed by atoms with Gasteiger partial charge in [-0.15, -0.1) is 0 Å². The third-order valence-electron chi connectivity index (χ3n) is 6.16. The SMILES string of the molecule is CCCC1C(C)CC(C)=[N+]2CCN(C(C)C)CC2C1CC. The van der Waals surface area contributed by atoms with Crippen molar-refractivity contribution in [3.63, 3.8) is 0 Å². The van der Waals surface area contributed by atoms with Crippen molar-refractivity contribution >= 4 is 5.71 Å². The Hall–Kier alpha value is -0.370. The number of fused-ring (bicyclic) bond motifs is 1. The van der Waals surface area contributed by atoms with E-state index in [1.165, 1.54) is 45.3 Å². The van der Waals surface area contributed by atoms with Crippen LogP contribution in [0, 0.1) is 17.8 Å². The number of piperazine rings is 1. The van der Waals surface area contributed by atoms with Crippen LogP contribution in [-0.4, -0.2) is 46.9 Å². The molecule has 0 N–H and O–H groups in total. The molecule has 4 atom stereocenters. The Labute approximate surface area is 132 Å². The summed E-state index contributed by atoms with van der Waals surface area (Å²) in [5, 5.41) is 0. The van der Waals surface area contributed by atoms with E-state index in [1.807, 2.05) is 0 Å². The molecule has 4 unspecified atom stereocenters. The zero-order chi connectivity index (χ0) is 15.6. The highest BCUT2D eigenvalue weighted by Gasteiger charge is 2.44. The molecule has 0 aromatic carbocycles. The minimum atomic E-state index is 0.690. The van der Waals surface area contributed by atoms with E-state index >= 15 is 0 Å². The van der Waals surface area contributed by atoms with Gasteiger partial charge in [-0.1, -0.05) is 27.2 Å². The fraction of sp³-hybridized carbons (Fsp3) is 0.947. The molecule has 0 amide bonds. The minimum Gasteiger partial charge on any atom is -0.288 e. The summed E-state index contributed by atoms with van der Waals surface area (Å²) in [6.45, 7) is 18.2. The van der Waals surface area contributed by atoms with E-state index in [0.29, 0.717) is 6.04 Å². The molecular formula is C19H37N2+. The normalized spacial score (nSPS) is 35.0. The van der Waals surface area contributed by atoms with E-state index in [9.17, 15) is 0 Å². The van der Waals surface area contributed by atoms with Gasteiger partial charge in [0.15, 0.2) is 12.6 Å². The molecule has 0 aromatic heterocycles. The van der Waals surface area contributed by atoms with Crippen molar-refractivity contribution in [3.8, 4) is 0 Å². The van der Waals surface area contributed by atoms with Crippen LogP contribution in [0.25, 0.3) is 0 Å². The Morgan fingerprint density at radius 3 is 2.52 bits per heavy atom. The number of hydrogen-bond acceptors (Lipinski definition) is 1. The van der Waals surface area contributed by atoms with Crippen molar-refractivity contribution < 1.29 is 4.58 Å². The lowest BCUT2D eigenvalue weighted by Crippen LogP contribution is -2.55. The van der Waals surface area contributed by atoms with Crippen LogP contribution in [0.2, 0.25) is 0 Å². The number of rotatable bonds is 4. The maximum atomic E-state index is 2.79. The summed E-state index contributed by atoms with van der Waals surface area (Å²) >= 11 is 0. The van der Waals surface area contributed by atoms with Crippen LogP contribution < -0.4 is 0 Å². The maximum absolute atomic E-state index is 2.79. The van der Waals surface area contributed by atoms with Gasteiger partial charge in [-0.3, -0.25) is 4.90 Å². The van der Waals surface area contributed by atoms with Crippen molar-refractivity contribution in [2.75, 3.05) is 19.6 Å². The van der Waals surface area contributed by atoms with Crippen LogP contribution in [-0.2, 0) is 0 Å². The van der Waals surface area contributed by atoms with Crippen LogP contribution in [0.3, 0.4) is 0 Å². The molecule has 0 aliphatic carbocycles. The molecule has 2 nitrogen and oxygen atoms in total. The Balaban J connectivity index is 2.30. The smallest absolute Gasteiger partial charge is 0.168 e. The summed E-state index contributed by atoms with van der Waals surface area (Å²) in [5.41, 5.74) is 1.66. The molecule has 2 heterocycles. The van der Waals surface area contributed by atoms with Gasteiger partial charge in [0.25, 0.3) is 0 Å². The molecule has 0 saturated carbocycles. The van der Waals surface area contributed by atoms with E-state index in [1.54, 1.807) is 5.71 Å². The molecule has 0 radical (unpaired) electrons. The average Bonchev–Trinajstić information content (AvgIpc) is 2.55. The molecule has 0 aromatic rings. The fourth-order valence-electron chi connectivity index (χ4n) is 4.99. The maximum Gasteiger partial charge on any atom is 0.168 e. The Kier molecular flexibility index (Phi) is 5.88. The van der Waals surface area contributed by atoms with Gasteiger partial charge in [-0.2, -0.15) is 0 Å². The van der Waals surface area contributed by atoms with Crippen LogP contribution in [0.4, 0.5) is 0 Å².